The molecule has 1 saturated heterocycles. The third-order valence-electron chi connectivity index (χ3n) is 3.90. The quantitative estimate of drug-likeness (QED) is 0.885. The van der Waals surface area contributed by atoms with Crippen molar-refractivity contribution in [2.75, 3.05) is 33.9 Å². The van der Waals surface area contributed by atoms with Gasteiger partial charge in [0.05, 0.1) is 13.7 Å². The molecule has 3 heteroatoms. The van der Waals surface area contributed by atoms with Crippen LogP contribution in [0.15, 0.2) is 24.3 Å². The van der Waals surface area contributed by atoms with Crippen molar-refractivity contribution in [1.29, 1.82) is 0 Å². The van der Waals surface area contributed by atoms with E-state index >= 15 is 0 Å². The van der Waals surface area contributed by atoms with Crippen LogP contribution in [0.3, 0.4) is 0 Å². The van der Waals surface area contributed by atoms with Crippen LogP contribution in [0, 0.1) is 5.41 Å². The van der Waals surface area contributed by atoms with E-state index in [1.54, 1.807) is 7.11 Å². The molecule has 1 unspecified atom stereocenters. The lowest BCUT2D eigenvalue weighted by Gasteiger charge is -2.40. The number of aliphatic hydroxyl groups is 1. The molecule has 1 aromatic carbocycles. The molecule has 1 aliphatic heterocycles. The molecule has 3 nitrogen and oxygen atoms in total. The molecule has 1 N–H and O–H groups in total. The largest absolute Gasteiger partial charge is 0.497 e. The summed E-state index contributed by atoms with van der Waals surface area (Å²) in [6.45, 7) is 2.37. The van der Waals surface area contributed by atoms with Crippen molar-refractivity contribution >= 4 is 0 Å². The van der Waals surface area contributed by atoms with Crippen molar-refractivity contribution in [3.63, 3.8) is 0 Å². The smallest absolute Gasteiger partial charge is 0.119 e. The van der Waals surface area contributed by atoms with Gasteiger partial charge in [-0.3, -0.25) is 0 Å². The summed E-state index contributed by atoms with van der Waals surface area (Å²) in [4.78, 5) is 2.32. The van der Waals surface area contributed by atoms with Crippen molar-refractivity contribution in [2.24, 2.45) is 5.41 Å². The topological polar surface area (TPSA) is 32.7 Å². The number of benzene rings is 1. The number of piperidine rings is 1. The summed E-state index contributed by atoms with van der Waals surface area (Å²) in [6.07, 6.45) is 3.19. The summed E-state index contributed by atoms with van der Waals surface area (Å²) < 4.78 is 5.26. The van der Waals surface area contributed by atoms with Crippen molar-refractivity contribution in [3.05, 3.63) is 29.8 Å². The maximum atomic E-state index is 9.79. The summed E-state index contributed by atoms with van der Waals surface area (Å²) in [5.41, 5.74) is 1.26. The van der Waals surface area contributed by atoms with Gasteiger partial charge in [0, 0.05) is 12.0 Å². The van der Waals surface area contributed by atoms with E-state index in [1.165, 1.54) is 12.0 Å². The van der Waals surface area contributed by atoms with Crippen LogP contribution >= 0.6 is 0 Å². The molecule has 0 aromatic heterocycles. The highest BCUT2D eigenvalue weighted by atomic mass is 16.5. The van der Waals surface area contributed by atoms with Gasteiger partial charge in [-0.05, 0) is 50.6 Å². The van der Waals surface area contributed by atoms with Gasteiger partial charge >= 0.3 is 0 Å². The predicted octanol–water partition coefficient (Wildman–Crippen LogP) is 1.94. The maximum Gasteiger partial charge on any atom is 0.119 e. The van der Waals surface area contributed by atoms with Crippen LogP contribution in [0.4, 0.5) is 0 Å². The van der Waals surface area contributed by atoms with Crippen molar-refractivity contribution in [2.45, 2.75) is 19.3 Å². The Hall–Kier alpha value is -1.06. The molecular formula is C15H23NO2. The fourth-order valence-corrected chi connectivity index (χ4v) is 3.00. The van der Waals surface area contributed by atoms with Gasteiger partial charge in [-0.25, -0.2) is 0 Å². The zero-order valence-corrected chi connectivity index (χ0v) is 11.4. The van der Waals surface area contributed by atoms with Crippen LogP contribution in [0.1, 0.15) is 18.4 Å². The first-order valence-corrected chi connectivity index (χ1v) is 6.60. The van der Waals surface area contributed by atoms with Gasteiger partial charge in [-0.15, -0.1) is 0 Å². The molecular weight excluding hydrogens is 226 g/mol. The van der Waals surface area contributed by atoms with E-state index in [9.17, 15) is 5.11 Å². The molecule has 0 bridgehead atoms. The van der Waals surface area contributed by atoms with Crippen molar-refractivity contribution < 1.29 is 9.84 Å². The van der Waals surface area contributed by atoms with Crippen molar-refractivity contribution in [3.8, 4) is 5.75 Å². The number of methoxy groups -OCH3 is 1. The lowest BCUT2D eigenvalue weighted by Crippen LogP contribution is -2.44. The molecule has 0 radical (unpaired) electrons. The van der Waals surface area contributed by atoms with Gasteiger partial charge in [0.2, 0.25) is 0 Å². The normalized spacial score (nSPS) is 25.1. The molecule has 1 fully saturated rings. The maximum absolute atomic E-state index is 9.79. The first kappa shape index (κ1) is 13.4. The number of aliphatic hydroxyl groups excluding tert-OH is 1. The number of hydrogen-bond acceptors (Lipinski definition) is 3. The Morgan fingerprint density at radius 2 is 2.28 bits per heavy atom. The highest BCUT2D eigenvalue weighted by Gasteiger charge is 2.33. The SMILES string of the molecule is COc1cccc(CC2(CO)CCCN(C)C2)c1. The number of ether oxygens (including phenoxy) is 1. The Morgan fingerprint density at radius 1 is 1.44 bits per heavy atom. The lowest BCUT2D eigenvalue weighted by atomic mass is 9.76. The van der Waals surface area contributed by atoms with Crippen LogP contribution in [0.2, 0.25) is 0 Å². The van der Waals surface area contributed by atoms with Gasteiger partial charge in [0.25, 0.3) is 0 Å². The van der Waals surface area contributed by atoms with Gasteiger partial charge in [-0.1, -0.05) is 12.1 Å². The van der Waals surface area contributed by atoms with E-state index in [1.807, 2.05) is 12.1 Å². The molecule has 1 aliphatic rings. The van der Waals surface area contributed by atoms with Crippen LogP contribution < -0.4 is 4.74 Å². The number of likely N-dealkylation sites (tertiary alicyclic amines) is 1. The highest BCUT2D eigenvalue weighted by Crippen LogP contribution is 2.33. The number of rotatable bonds is 4. The molecule has 0 saturated carbocycles. The molecule has 18 heavy (non-hydrogen) atoms. The van der Waals surface area contributed by atoms with Gasteiger partial charge in [-0.2, -0.15) is 0 Å². The summed E-state index contributed by atoms with van der Waals surface area (Å²) in [7, 11) is 3.82. The van der Waals surface area contributed by atoms with E-state index in [4.69, 9.17) is 4.74 Å². The van der Waals surface area contributed by atoms with Crippen LogP contribution in [-0.4, -0.2) is 43.9 Å². The zero-order chi connectivity index (χ0) is 13.0. The molecule has 100 valence electrons. The first-order valence-electron chi connectivity index (χ1n) is 6.60. The van der Waals surface area contributed by atoms with E-state index in [-0.39, 0.29) is 12.0 Å². The molecule has 0 spiro atoms. The predicted molar refractivity (Wildman–Crippen MR) is 72.9 cm³/mol. The minimum absolute atomic E-state index is 0.0133. The standard InChI is InChI=1S/C15H23NO2/c1-16-8-4-7-15(11-16,12-17)10-13-5-3-6-14(9-13)18-2/h3,5-6,9,17H,4,7-8,10-12H2,1-2H3. The van der Waals surface area contributed by atoms with Gasteiger partial charge < -0.3 is 14.7 Å². The van der Waals surface area contributed by atoms with E-state index in [0.717, 1.165) is 31.7 Å². The second-order valence-corrected chi connectivity index (χ2v) is 5.53. The Kier molecular flexibility index (Phi) is 4.25. The Bertz CT molecular complexity index is 394. The summed E-state index contributed by atoms with van der Waals surface area (Å²) in [5.74, 6) is 0.893. The molecule has 0 aliphatic carbocycles. The van der Waals surface area contributed by atoms with Gasteiger partial charge in [0.1, 0.15) is 5.75 Å². The minimum Gasteiger partial charge on any atom is -0.497 e. The molecule has 2 rings (SSSR count). The molecule has 1 aromatic rings. The zero-order valence-electron chi connectivity index (χ0n) is 11.4. The second kappa shape index (κ2) is 5.72. The van der Waals surface area contributed by atoms with E-state index in [2.05, 4.69) is 24.1 Å². The summed E-state index contributed by atoms with van der Waals surface area (Å²) in [6, 6.07) is 8.18. The number of nitrogens with zero attached hydrogens (tertiary/aromatic N) is 1. The Labute approximate surface area is 109 Å². The van der Waals surface area contributed by atoms with Gasteiger partial charge in [0.15, 0.2) is 0 Å². The second-order valence-electron chi connectivity index (χ2n) is 5.53. The Morgan fingerprint density at radius 3 is 2.94 bits per heavy atom. The Balaban J connectivity index is 2.13. The fourth-order valence-electron chi connectivity index (χ4n) is 3.00. The van der Waals surface area contributed by atoms with Crippen LogP contribution in [-0.2, 0) is 6.42 Å². The fraction of sp³-hybridized carbons (Fsp3) is 0.600. The number of hydrogen-bond donors (Lipinski definition) is 1. The third-order valence-corrected chi connectivity index (χ3v) is 3.90. The van der Waals surface area contributed by atoms with E-state index < -0.39 is 0 Å². The van der Waals surface area contributed by atoms with Crippen molar-refractivity contribution in [1.82, 2.24) is 4.90 Å². The molecule has 1 atom stereocenters. The minimum atomic E-state index is 0.0133. The molecule has 0 amide bonds. The average molecular weight is 249 g/mol. The first-order chi connectivity index (χ1) is 8.67. The third kappa shape index (κ3) is 3.03. The van der Waals surface area contributed by atoms with Crippen LogP contribution in [0.25, 0.3) is 0 Å². The summed E-state index contributed by atoms with van der Waals surface area (Å²) >= 11 is 0. The lowest BCUT2D eigenvalue weighted by molar-refractivity contribution is 0.0438. The highest BCUT2D eigenvalue weighted by molar-refractivity contribution is 5.29. The molecule has 1 heterocycles. The van der Waals surface area contributed by atoms with Crippen LogP contribution in [0.5, 0.6) is 5.75 Å². The van der Waals surface area contributed by atoms with E-state index in [0.29, 0.717) is 0 Å². The average Bonchev–Trinajstić information content (AvgIpc) is 2.39. The monoisotopic (exact) mass is 249 g/mol. The summed E-state index contributed by atoms with van der Waals surface area (Å²) in [5, 5.41) is 9.79.